The molecule has 0 radical (unpaired) electrons. The van der Waals surface area contributed by atoms with Crippen LogP contribution in [-0.4, -0.2) is 50.9 Å². The smallest absolute Gasteiger partial charge is 0.252 e. The van der Waals surface area contributed by atoms with Gasteiger partial charge in [0.25, 0.3) is 5.91 Å². The van der Waals surface area contributed by atoms with E-state index >= 15 is 0 Å². The lowest BCUT2D eigenvalue weighted by Crippen LogP contribution is -2.34. The number of imidazole rings is 1. The number of benzene rings is 1. The van der Waals surface area contributed by atoms with Crippen LogP contribution in [0.2, 0.25) is 0 Å². The van der Waals surface area contributed by atoms with Gasteiger partial charge in [-0.2, -0.15) is 0 Å². The fourth-order valence-corrected chi connectivity index (χ4v) is 3.19. The zero-order valence-electron chi connectivity index (χ0n) is 16.3. The molecule has 7 heteroatoms. The summed E-state index contributed by atoms with van der Waals surface area (Å²) in [4.78, 5) is 35.3. The van der Waals surface area contributed by atoms with Crippen LogP contribution in [0.3, 0.4) is 0 Å². The van der Waals surface area contributed by atoms with Crippen molar-refractivity contribution in [2.75, 3.05) is 19.6 Å². The summed E-state index contributed by atoms with van der Waals surface area (Å²) < 4.78 is 1.95. The molecule has 0 fully saturated rings. The Morgan fingerprint density at radius 2 is 1.89 bits per heavy atom. The highest BCUT2D eigenvalue weighted by molar-refractivity contribution is 5.93. The number of aromatic nitrogens is 3. The number of hydrogen-bond acceptors (Lipinski definition) is 4. The molecule has 2 amide bonds. The van der Waals surface area contributed by atoms with Crippen molar-refractivity contribution < 1.29 is 9.59 Å². The van der Waals surface area contributed by atoms with Crippen LogP contribution in [0.4, 0.5) is 0 Å². The largest absolute Gasteiger partial charge is 0.352 e. The molecule has 0 aliphatic heterocycles. The number of nitrogens with one attached hydrogen (secondary N) is 1. The first-order chi connectivity index (χ1) is 13.6. The topological polar surface area (TPSA) is 80.1 Å². The van der Waals surface area contributed by atoms with Gasteiger partial charge in [0.2, 0.25) is 5.91 Å². The van der Waals surface area contributed by atoms with E-state index < -0.39 is 0 Å². The average molecular weight is 379 g/mol. The van der Waals surface area contributed by atoms with E-state index in [2.05, 4.69) is 15.3 Å². The summed E-state index contributed by atoms with van der Waals surface area (Å²) in [5, 5.41) is 2.89. The molecule has 0 aliphatic rings. The third kappa shape index (κ3) is 4.36. The van der Waals surface area contributed by atoms with Crippen molar-refractivity contribution in [3.8, 4) is 0 Å². The fourth-order valence-electron chi connectivity index (χ4n) is 3.19. The van der Waals surface area contributed by atoms with Crippen molar-refractivity contribution in [1.29, 1.82) is 0 Å². The number of carbonyl (C=O) groups excluding carboxylic acids is 2. The van der Waals surface area contributed by atoms with Gasteiger partial charge in [-0.25, -0.2) is 4.98 Å². The molecule has 1 N–H and O–H groups in total. The fraction of sp³-hybridized carbons (Fsp3) is 0.333. The Bertz CT molecular complexity index is 948. The van der Waals surface area contributed by atoms with Crippen molar-refractivity contribution in [2.45, 2.75) is 26.8 Å². The molecule has 3 rings (SSSR count). The van der Waals surface area contributed by atoms with Crippen LogP contribution >= 0.6 is 0 Å². The van der Waals surface area contributed by atoms with E-state index in [4.69, 9.17) is 0 Å². The van der Waals surface area contributed by atoms with E-state index in [-0.39, 0.29) is 18.4 Å². The number of carbonyl (C=O) groups is 2. The SMILES string of the molecule is CCN(CC)C(=O)Cn1c(CCNC(=O)c2cccnc2)nc2ccccc21. The third-order valence-corrected chi connectivity index (χ3v) is 4.70. The number of pyridine rings is 1. The number of hydrogen-bond donors (Lipinski definition) is 1. The Balaban J connectivity index is 1.75. The van der Waals surface area contributed by atoms with Gasteiger partial charge in [0.05, 0.1) is 16.6 Å². The second kappa shape index (κ2) is 9.12. The van der Waals surface area contributed by atoms with Gasteiger partial charge in [-0.1, -0.05) is 12.1 Å². The quantitative estimate of drug-likeness (QED) is 0.651. The van der Waals surface area contributed by atoms with Crippen molar-refractivity contribution in [3.05, 3.63) is 60.2 Å². The number of fused-ring (bicyclic) bond motifs is 1. The second-order valence-corrected chi connectivity index (χ2v) is 6.42. The van der Waals surface area contributed by atoms with Crippen molar-refractivity contribution in [1.82, 2.24) is 24.8 Å². The maximum atomic E-state index is 12.6. The minimum absolute atomic E-state index is 0.0637. The number of rotatable bonds is 8. The predicted molar refractivity (Wildman–Crippen MR) is 108 cm³/mol. The summed E-state index contributed by atoms with van der Waals surface area (Å²) in [7, 11) is 0. The average Bonchev–Trinajstić information content (AvgIpc) is 3.07. The molecule has 0 saturated carbocycles. The van der Waals surface area contributed by atoms with E-state index in [1.54, 1.807) is 18.3 Å². The molecule has 0 bridgehead atoms. The van der Waals surface area contributed by atoms with Gasteiger partial charge in [0, 0.05) is 38.4 Å². The van der Waals surface area contributed by atoms with Crippen LogP contribution < -0.4 is 5.32 Å². The summed E-state index contributed by atoms with van der Waals surface area (Å²) >= 11 is 0. The van der Waals surface area contributed by atoms with Crippen LogP contribution in [0, 0.1) is 0 Å². The van der Waals surface area contributed by atoms with Crippen molar-refractivity contribution >= 4 is 22.8 Å². The summed E-state index contributed by atoms with van der Waals surface area (Å²) in [6.07, 6.45) is 3.70. The Hall–Kier alpha value is -3.22. The molecule has 2 heterocycles. The van der Waals surface area contributed by atoms with E-state index in [1.165, 1.54) is 6.20 Å². The number of amides is 2. The Kier molecular flexibility index (Phi) is 6.37. The van der Waals surface area contributed by atoms with Gasteiger partial charge in [-0.3, -0.25) is 14.6 Å². The molecule has 0 aliphatic carbocycles. The number of para-hydroxylation sites is 2. The molecule has 2 aromatic heterocycles. The van der Waals surface area contributed by atoms with Crippen LogP contribution in [0.15, 0.2) is 48.8 Å². The Morgan fingerprint density at radius 1 is 1.11 bits per heavy atom. The zero-order valence-corrected chi connectivity index (χ0v) is 16.3. The molecule has 1 aromatic carbocycles. The Labute approximate surface area is 164 Å². The normalized spacial score (nSPS) is 10.8. The highest BCUT2D eigenvalue weighted by Gasteiger charge is 2.16. The monoisotopic (exact) mass is 379 g/mol. The van der Waals surface area contributed by atoms with Gasteiger partial charge >= 0.3 is 0 Å². The van der Waals surface area contributed by atoms with Gasteiger partial charge in [0.1, 0.15) is 12.4 Å². The maximum absolute atomic E-state index is 12.6. The zero-order chi connectivity index (χ0) is 19.9. The number of likely N-dealkylation sites (N-methyl/N-ethyl adjacent to an activating group) is 1. The highest BCUT2D eigenvalue weighted by atomic mass is 16.2. The molecule has 0 unspecified atom stereocenters. The lowest BCUT2D eigenvalue weighted by atomic mass is 10.2. The molecule has 3 aromatic rings. The molecular formula is C21H25N5O2. The minimum atomic E-state index is -0.171. The molecule has 146 valence electrons. The standard InChI is InChI=1S/C21H25N5O2/c1-3-25(4-2)20(27)15-26-18-10-6-5-9-17(18)24-19(26)11-13-23-21(28)16-8-7-12-22-14-16/h5-10,12,14H,3-4,11,13,15H2,1-2H3,(H,23,28). The van der Waals surface area contributed by atoms with E-state index in [0.29, 0.717) is 31.6 Å². The van der Waals surface area contributed by atoms with Crippen molar-refractivity contribution in [2.24, 2.45) is 0 Å². The first-order valence-electron chi connectivity index (χ1n) is 9.54. The number of nitrogens with zero attached hydrogens (tertiary/aromatic N) is 4. The van der Waals surface area contributed by atoms with Crippen LogP contribution in [0.25, 0.3) is 11.0 Å². The van der Waals surface area contributed by atoms with Crippen LogP contribution in [0.5, 0.6) is 0 Å². The molecular weight excluding hydrogens is 354 g/mol. The van der Waals surface area contributed by atoms with Gasteiger partial charge < -0.3 is 14.8 Å². The highest BCUT2D eigenvalue weighted by Crippen LogP contribution is 2.17. The Morgan fingerprint density at radius 3 is 2.61 bits per heavy atom. The van der Waals surface area contributed by atoms with E-state index in [1.807, 2.05) is 47.6 Å². The van der Waals surface area contributed by atoms with E-state index in [9.17, 15) is 9.59 Å². The first-order valence-corrected chi connectivity index (χ1v) is 9.54. The molecule has 0 saturated heterocycles. The van der Waals surface area contributed by atoms with Crippen molar-refractivity contribution in [3.63, 3.8) is 0 Å². The summed E-state index contributed by atoms with van der Waals surface area (Å²) in [5.41, 5.74) is 2.30. The summed E-state index contributed by atoms with van der Waals surface area (Å²) in [6.45, 7) is 5.98. The first kappa shape index (κ1) is 19.5. The maximum Gasteiger partial charge on any atom is 0.252 e. The molecule has 0 spiro atoms. The van der Waals surface area contributed by atoms with E-state index in [0.717, 1.165) is 16.9 Å². The predicted octanol–water partition coefficient (Wildman–Crippen LogP) is 2.27. The molecule has 7 nitrogen and oxygen atoms in total. The second-order valence-electron chi connectivity index (χ2n) is 6.42. The van der Waals surface area contributed by atoms with Gasteiger partial charge in [0.15, 0.2) is 0 Å². The van der Waals surface area contributed by atoms with Gasteiger partial charge in [-0.05, 0) is 38.1 Å². The third-order valence-electron chi connectivity index (χ3n) is 4.70. The lowest BCUT2D eigenvalue weighted by molar-refractivity contribution is -0.131. The summed E-state index contributed by atoms with van der Waals surface area (Å²) in [5.74, 6) is 0.678. The van der Waals surface area contributed by atoms with Crippen LogP contribution in [-0.2, 0) is 17.8 Å². The molecule has 0 atom stereocenters. The van der Waals surface area contributed by atoms with Gasteiger partial charge in [-0.15, -0.1) is 0 Å². The molecule has 28 heavy (non-hydrogen) atoms. The lowest BCUT2D eigenvalue weighted by Gasteiger charge is -2.20. The van der Waals surface area contributed by atoms with Crippen LogP contribution in [0.1, 0.15) is 30.0 Å². The minimum Gasteiger partial charge on any atom is -0.352 e. The summed E-state index contributed by atoms with van der Waals surface area (Å²) in [6, 6.07) is 11.2.